The summed E-state index contributed by atoms with van der Waals surface area (Å²) >= 11 is 0. The van der Waals surface area contributed by atoms with Crippen LogP contribution in [0.15, 0.2) is 35.3 Å². The van der Waals surface area contributed by atoms with E-state index in [1.54, 1.807) is 0 Å². The zero-order valence-corrected chi connectivity index (χ0v) is 7.49. The summed E-state index contributed by atoms with van der Waals surface area (Å²) < 4.78 is 0. The lowest BCUT2D eigenvalue weighted by atomic mass is 10.2. The molecule has 0 unspecified atom stereocenters. The van der Waals surface area contributed by atoms with E-state index >= 15 is 0 Å². The van der Waals surface area contributed by atoms with Crippen LogP contribution in [0.3, 0.4) is 0 Å². The molecule has 0 amide bonds. The highest BCUT2D eigenvalue weighted by molar-refractivity contribution is 5.69. The summed E-state index contributed by atoms with van der Waals surface area (Å²) in [5.41, 5.74) is 2.19. The predicted molar refractivity (Wildman–Crippen MR) is 55.0 cm³/mol. The minimum atomic E-state index is 1.03. The average Bonchev–Trinajstić information content (AvgIpc) is 2.09. The first-order valence-corrected chi connectivity index (χ1v) is 4.09. The minimum absolute atomic E-state index is 1.03. The van der Waals surface area contributed by atoms with Crippen molar-refractivity contribution in [3.63, 3.8) is 0 Å². The van der Waals surface area contributed by atoms with Crippen LogP contribution in [0.5, 0.6) is 0 Å². The second-order valence-corrected chi connectivity index (χ2v) is 2.45. The van der Waals surface area contributed by atoms with E-state index in [0.29, 0.717) is 0 Å². The molecule has 1 nitrogen and oxygen atoms in total. The number of allylic oxidation sites excluding steroid dienone is 1. The van der Waals surface area contributed by atoms with Gasteiger partial charge in [0.1, 0.15) is 0 Å². The third-order valence-electron chi connectivity index (χ3n) is 1.55. The molecule has 1 rings (SSSR count). The lowest BCUT2D eigenvalue weighted by Gasteiger charge is -1.97. The number of hydrogen-bond donors (Lipinski definition) is 0. The molecule has 0 fully saturated rings. The SMILES string of the molecule is C/C=C\c1ccccc1/N=C\C. The fourth-order valence-electron chi connectivity index (χ4n) is 1.06. The van der Waals surface area contributed by atoms with Gasteiger partial charge in [-0.05, 0) is 25.5 Å². The molecule has 0 N–H and O–H groups in total. The van der Waals surface area contributed by atoms with Gasteiger partial charge in [0.05, 0.1) is 5.69 Å². The van der Waals surface area contributed by atoms with Crippen molar-refractivity contribution < 1.29 is 0 Å². The highest BCUT2D eigenvalue weighted by atomic mass is 14.7. The number of aliphatic imine (C=N–C) groups is 1. The van der Waals surface area contributed by atoms with Crippen molar-refractivity contribution in [2.75, 3.05) is 0 Å². The van der Waals surface area contributed by atoms with Crippen molar-refractivity contribution in [2.45, 2.75) is 13.8 Å². The molecule has 0 saturated carbocycles. The van der Waals surface area contributed by atoms with E-state index in [1.165, 1.54) is 0 Å². The molecule has 0 radical (unpaired) electrons. The smallest absolute Gasteiger partial charge is 0.0697 e. The molecule has 1 heteroatoms. The Balaban J connectivity index is 3.08. The van der Waals surface area contributed by atoms with Crippen molar-refractivity contribution in [3.8, 4) is 0 Å². The Morgan fingerprint density at radius 3 is 2.58 bits per heavy atom. The molecule has 0 saturated heterocycles. The zero-order valence-electron chi connectivity index (χ0n) is 7.49. The standard InChI is InChI=1S/C11H13N/c1-3-7-10-8-5-6-9-11(10)12-4-2/h3-9H,1-2H3/b7-3-,12-4-. The third-order valence-corrected chi connectivity index (χ3v) is 1.55. The van der Waals surface area contributed by atoms with E-state index in [0.717, 1.165) is 11.3 Å². The van der Waals surface area contributed by atoms with Gasteiger partial charge < -0.3 is 0 Å². The van der Waals surface area contributed by atoms with Crippen LogP contribution < -0.4 is 0 Å². The Morgan fingerprint density at radius 1 is 1.17 bits per heavy atom. The highest BCUT2D eigenvalue weighted by Gasteiger charge is 1.92. The summed E-state index contributed by atoms with van der Waals surface area (Å²) in [6.45, 7) is 3.93. The lowest BCUT2D eigenvalue weighted by molar-refractivity contribution is 1.50. The van der Waals surface area contributed by atoms with Crippen LogP contribution in [0.2, 0.25) is 0 Å². The third kappa shape index (κ3) is 2.06. The number of nitrogens with zero attached hydrogens (tertiary/aromatic N) is 1. The van der Waals surface area contributed by atoms with E-state index in [-0.39, 0.29) is 0 Å². The van der Waals surface area contributed by atoms with Gasteiger partial charge in [0, 0.05) is 6.21 Å². The highest BCUT2D eigenvalue weighted by Crippen LogP contribution is 2.19. The fourth-order valence-corrected chi connectivity index (χ4v) is 1.06. The first-order chi connectivity index (χ1) is 5.88. The van der Waals surface area contributed by atoms with Crippen LogP contribution in [-0.4, -0.2) is 6.21 Å². The van der Waals surface area contributed by atoms with Crippen molar-refractivity contribution in [3.05, 3.63) is 35.9 Å². The summed E-state index contributed by atoms with van der Waals surface area (Å²) in [6, 6.07) is 8.08. The van der Waals surface area contributed by atoms with Crippen molar-refractivity contribution in [2.24, 2.45) is 4.99 Å². The van der Waals surface area contributed by atoms with Crippen molar-refractivity contribution in [1.82, 2.24) is 0 Å². The van der Waals surface area contributed by atoms with Gasteiger partial charge in [0.2, 0.25) is 0 Å². The van der Waals surface area contributed by atoms with Crippen LogP contribution in [0.25, 0.3) is 6.08 Å². The summed E-state index contributed by atoms with van der Waals surface area (Å²) in [4.78, 5) is 4.25. The van der Waals surface area contributed by atoms with Crippen LogP contribution >= 0.6 is 0 Å². The Hall–Kier alpha value is -1.37. The summed E-state index contributed by atoms with van der Waals surface area (Å²) in [6.07, 6.45) is 5.88. The molecular weight excluding hydrogens is 146 g/mol. The van der Waals surface area contributed by atoms with Crippen molar-refractivity contribution >= 4 is 18.0 Å². The molecule has 1 aromatic rings. The quantitative estimate of drug-likeness (QED) is 0.586. The second kappa shape index (κ2) is 4.50. The fraction of sp³-hybridized carbons (Fsp3) is 0.182. The lowest BCUT2D eigenvalue weighted by Crippen LogP contribution is -1.73. The van der Waals surface area contributed by atoms with Crippen LogP contribution in [0.1, 0.15) is 19.4 Å². The van der Waals surface area contributed by atoms with Gasteiger partial charge in [-0.25, -0.2) is 0 Å². The second-order valence-electron chi connectivity index (χ2n) is 2.45. The normalized spacial score (nSPS) is 11.5. The molecule has 1 aromatic carbocycles. The number of para-hydroxylation sites is 1. The van der Waals surface area contributed by atoms with Gasteiger partial charge in [-0.3, -0.25) is 4.99 Å². The molecule has 62 valence electrons. The summed E-state index contributed by atoms with van der Waals surface area (Å²) in [7, 11) is 0. The Bertz CT molecular complexity index is 267. The molecule has 0 atom stereocenters. The molecule has 0 aliphatic heterocycles. The molecule has 0 heterocycles. The molecule has 0 aliphatic rings. The van der Waals surface area contributed by atoms with Gasteiger partial charge in [-0.2, -0.15) is 0 Å². The topological polar surface area (TPSA) is 12.4 Å². The summed E-state index contributed by atoms with van der Waals surface area (Å²) in [5.74, 6) is 0. The van der Waals surface area contributed by atoms with Gasteiger partial charge in [0.25, 0.3) is 0 Å². The number of rotatable bonds is 2. The van der Waals surface area contributed by atoms with E-state index in [2.05, 4.69) is 17.1 Å². The molecule has 0 aliphatic carbocycles. The Labute approximate surface area is 73.5 Å². The maximum atomic E-state index is 4.25. The summed E-state index contributed by atoms with van der Waals surface area (Å²) in [5, 5.41) is 0. The maximum absolute atomic E-state index is 4.25. The van der Waals surface area contributed by atoms with Crippen LogP contribution in [-0.2, 0) is 0 Å². The van der Waals surface area contributed by atoms with E-state index in [9.17, 15) is 0 Å². The first kappa shape index (κ1) is 8.72. The largest absolute Gasteiger partial charge is 0.261 e. The first-order valence-electron chi connectivity index (χ1n) is 4.09. The molecule has 0 spiro atoms. The van der Waals surface area contributed by atoms with Gasteiger partial charge in [-0.1, -0.05) is 30.4 Å². The zero-order chi connectivity index (χ0) is 8.81. The minimum Gasteiger partial charge on any atom is -0.261 e. The van der Waals surface area contributed by atoms with Gasteiger partial charge in [0.15, 0.2) is 0 Å². The Kier molecular flexibility index (Phi) is 3.27. The van der Waals surface area contributed by atoms with E-state index in [1.807, 2.05) is 44.3 Å². The maximum Gasteiger partial charge on any atom is 0.0697 e. The molecule has 0 aromatic heterocycles. The van der Waals surface area contributed by atoms with Crippen LogP contribution in [0, 0.1) is 0 Å². The van der Waals surface area contributed by atoms with E-state index in [4.69, 9.17) is 0 Å². The predicted octanol–water partition coefficient (Wildman–Crippen LogP) is 3.44. The van der Waals surface area contributed by atoms with Crippen LogP contribution in [0.4, 0.5) is 5.69 Å². The van der Waals surface area contributed by atoms with Crippen molar-refractivity contribution in [1.29, 1.82) is 0 Å². The average molecular weight is 159 g/mol. The molecular formula is C11H13N. The number of benzene rings is 1. The Morgan fingerprint density at radius 2 is 1.92 bits per heavy atom. The van der Waals surface area contributed by atoms with E-state index < -0.39 is 0 Å². The monoisotopic (exact) mass is 159 g/mol. The van der Waals surface area contributed by atoms with Gasteiger partial charge in [-0.15, -0.1) is 0 Å². The van der Waals surface area contributed by atoms with Gasteiger partial charge >= 0.3 is 0 Å². The number of hydrogen-bond acceptors (Lipinski definition) is 1. The molecule has 12 heavy (non-hydrogen) atoms. The molecule has 0 bridgehead atoms.